The lowest BCUT2D eigenvalue weighted by atomic mass is 9.45. The Morgan fingerprint density at radius 1 is 1.20 bits per heavy atom. The van der Waals surface area contributed by atoms with E-state index < -0.39 is 15.8 Å². The van der Waals surface area contributed by atoms with Crippen molar-refractivity contribution in [2.75, 3.05) is 12.8 Å². The zero-order valence-electron chi connectivity index (χ0n) is 14.6. The van der Waals surface area contributed by atoms with Crippen molar-refractivity contribution in [1.29, 1.82) is 0 Å². The molecule has 1 aromatic rings. The molecule has 0 radical (unpaired) electrons. The topological polar surface area (TPSA) is 97.5 Å². The van der Waals surface area contributed by atoms with Gasteiger partial charge in [-0.25, -0.2) is 8.42 Å². The van der Waals surface area contributed by atoms with Crippen molar-refractivity contribution in [1.82, 2.24) is 0 Å². The first-order valence-corrected chi connectivity index (χ1v) is 10.8. The minimum Gasteiger partial charge on any atom is -0.481 e. The molecule has 3 saturated carbocycles. The first kappa shape index (κ1) is 18.4. The molecule has 0 aliphatic heterocycles. The fourth-order valence-electron chi connectivity index (χ4n) is 5.61. The molecule has 2 bridgehead atoms. The summed E-state index contributed by atoms with van der Waals surface area (Å²) in [5, 5.41) is 9.04. The van der Waals surface area contributed by atoms with Crippen LogP contribution in [0.2, 0.25) is 0 Å². The number of carboxylic acids is 1. The number of aliphatic carboxylic acids is 1. The summed E-state index contributed by atoms with van der Waals surface area (Å²) in [5.41, 5.74) is 5.87. The Kier molecular flexibility index (Phi) is 4.95. The molecular formula is C19H27NO4S. The summed E-state index contributed by atoms with van der Waals surface area (Å²) in [4.78, 5) is 11.3. The molecule has 0 amide bonds. The molecule has 3 aliphatic rings. The van der Waals surface area contributed by atoms with Gasteiger partial charge in [0.25, 0.3) is 0 Å². The molecule has 3 aliphatic carbocycles. The third-order valence-electron chi connectivity index (χ3n) is 6.62. The van der Waals surface area contributed by atoms with Crippen LogP contribution in [0.25, 0.3) is 0 Å². The number of hydrogen-bond acceptors (Lipinski definition) is 4. The first-order valence-electron chi connectivity index (χ1n) is 8.95. The average Bonchev–Trinajstić information content (AvgIpc) is 2.75. The monoisotopic (exact) mass is 365 g/mol. The number of carbonyl (C=O) groups is 1. The van der Waals surface area contributed by atoms with Gasteiger partial charge in [-0.15, -0.1) is 0 Å². The predicted octanol–water partition coefficient (Wildman–Crippen LogP) is 2.56. The molecular weight excluding hydrogens is 338 g/mol. The van der Waals surface area contributed by atoms with Crippen LogP contribution in [0.3, 0.4) is 0 Å². The molecule has 0 spiro atoms. The molecule has 6 heteroatoms. The summed E-state index contributed by atoms with van der Waals surface area (Å²) in [5.74, 6) is 2.32. The van der Waals surface area contributed by atoms with Gasteiger partial charge in [-0.1, -0.05) is 24.6 Å². The number of sulfone groups is 1. The molecule has 5 atom stereocenters. The Morgan fingerprint density at radius 3 is 2.40 bits per heavy atom. The van der Waals surface area contributed by atoms with Crippen molar-refractivity contribution in [3.63, 3.8) is 0 Å². The smallest absolute Gasteiger partial charge is 0.303 e. The molecule has 0 heterocycles. The molecule has 1 aromatic carbocycles. The van der Waals surface area contributed by atoms with Crippen LogP contribution in [0.4, 0.5) is 0 Å². The highest BCUT2D eigenvalue weighted by Gasteiger charge is 2.65. The van der Waals surface area contributed by atoms with Crippen molar-refractivity contribution in [3.05, 3.63) is 30.3 Å². The van der Waals surface area contributed by atoms with Gasteiger partial charge in [-0.2, -0.15) is 0 Å². The van der Waals surface area contributed by atoms with Gasteiger partial charge < -0.3 is 10.8 Å². The van der Waals surface area contributed by atoms with E-state index in [4.69, 9.17) is 10.8 Å². The standard InChI is InChI=1S/C12H19NO2.C7H8O2S/c13-6-12(5-11(14)15)9-2-1-7-3-8(9)10(12)4-7;1-10(8,9)7-5-3-2-4-6-7/h7-10H,1-6,13H2,(H,14,15);2-6H,1H3/t7-,8-,9+,10-,12-;/m0./s1. The van der Waals surface area contributed by atoms with Crippen LogP contribution in [0, 0.1) is 29.1 Å². The van der Waals surface area contributed by atoms with E-state index in [1.165, 1.54) is 31.9 Å². The Bertz CT molecular complexity index is 725. The van der Waals surface area contributed by atoms with Crippen molar-refractivity contribution in [3.8, 4) is 0 Å². The van der Waals surface area contributed by atoms with Gasteiger partial charge in [-0.05, 0) is 67.0 Å². The van der Waals surface area contributed by atoms with Crippen LogP contribution in [0.1, 0.15) is 32.1 Å². The molecule has 4 rings (SSSR count). The quantitative estimate of drug-likeness (QED) is 0.854. The Hall–Kier alpha value is -1.40. The number of nitrogens with two attached hydrogens (primary N) is 1. The number of rotatable bonds is 4. The largest absolute Gasteiger partial charge is 0.481 e. The summed E-state index contributed by atoms with van der Waals surface area (Å²) in [6.45, 7) is 0.581. The zero-order valence-corrected chi connectivity index (χ0v) is 15.4. The van der Waals surface area contributed by atoms with Crippen molar-refractivity contribution in [2.24, 2.45) is 34.8 Å². The van der Waals surface area contributed by atoms with Gasteiger partial charge in [-0.3, -0.25) is 4.79 Å². The Labute approximate surface area is 149 Å². The van der Waals surface area contributed by atoms with Gasteiger partial charge in [0.05, 0.1) is 11.3 Å². The summed E-state index contributed by atoms with van der Waals surface area (Å²) in [7, 11) is -3.00. The van der Waals surface area contributed by atoms with Gasteiger partial charge >= 0.3 is 5.97 Å². The second kappa shape index (κ2) is 6.72. The molecule has 25 heavy (non-hydrogen) atoms. The van der Waals surface area contributed by atoms with E-state index in [2.05, 4.69) is 0 Å². The summed E-state index contributed by atoms with van der Waals surface area (Å²) in [6, 6.07) is 8.35. The Balaban J connectivity index is 0.000000160. The molecule has 0 aromatic heterocycles. The minimum absolute atomic E-state index is 0.0260. The summed E-state index contributed by atoms with van der Waals surface area (Å²) < 4.78 is 21.7. The van der Waals surface area contributed by atoms with E-state index in [-0.39, 0.29) is 5.41 Å². The molecule has 3 fully saturated rings. The third kappa shape index (κ3) is 3.34. The highest BCUT2D eigenvalue weighted by atomic mass is 32.2. The molecule has 0 unspecified atom stereocenters. The van der Waals surface area contributed by atoms with Crippen molar-refractivity contribution >= 4 is 15.8 Å². The van der Waals surface area contributed by atoms with E-state index in [0.29, 0.717) is 29.7 Å². The number of carboxylic acid groups (broad SMARTS) is 1. The summed E-state index contributed by atoms with van der Waals surface area (Å²) >= 11 is 0. The second-order valence-corrected chi connectivity index (χ2v) is 9.90. The van der Waals surface area contributed by atoms with Crippen LogP contribution in [-0.4, -0.2) is 32.3 Å². The number of hydrogen-bond donors (Lipinski definition) is 2. The van der Waals surface area contributed by atoms with E-state index in [9.17, 15) is 13.2 Å². The molecule has 3 N–H and O–H groups in total. The lowest BCUT2D eigenvalue weighted by molar-refractivity contribution is -0.156. The maximum atomic E-state index is 11.0. The maximum Gasteiger partial charge on any atom is 0.303 e. The fourth-order valence-corrected chi connectivity index (χ4v) is 6.26. The van der Waals surface area contributed by atoms with Gasteiger partial charge in [0.15, 0.2) is 9.84 Å². The SMILES string of the molecule is CS(=O)(=O)c1ccccc1.NC[C@@]1(CC(=O)O)[C@@H]2CC[C@H]3C[C@@H]2[C@@H]1C3. The normalized spacial score (nSPS) is 35.3. The van der Waals surface area contributed by atoms with Crippen LogP contribution < -0.4 is 5.73 Å². The number of benzene rings is 1. The third-order valence-corrected chi connectivity index (χ3v) is 7.75. The fraction of sp³-hybridized carbons (Fsp3) is 0.632. The van der Waals surface area contributed by atoms with Gasteiger partial charge in [0.2, 0.25) is 0 Å². The second-order valence-electron chi connectivity index (χ2n) is 7.88. The highest BCUT2D eigenvalue weighted by Crippen LogP contribution is 2.70. The van der Waals surface area contributed by atoms with Crippen LogP contribution in [0.15, 0.2) is 35.2 Å². The van der Waals surface area contributed by atoms with Gasteiger partial charge in [0.1, 0.15) is 0 Å². The molecule has 5 nitrogen and oxygen atoms in total. The number of fused-ring (bicyclic) bond motifs is 1. The van der Waals surface area contributed by atoms with Crippen LogP contribution in [0.5, 0.6) is 0 Å². The van der Waals surface area contributed by atoms with E-state index >= 15 is 0 Å². The van der Waals surface area contributed by atoms with Crippen LogP contribution in [-0.2, 0) is 14.6 Å². The molecule has 0 saturated heterocycles. The minimum atomic E-state index is -3.00. The van der Waals surface area contributed by atoms with Crippen molar-refractivity contribution < 1.29 is 18.3 Å². The summed E-state index contributed by atoms with van der Waals surface area (Å²) in [6.07, 6.45) is 6.67. The first-order chi connectivity index (χ1) is 11.8. The van der Waals surface area contributed by atoms with E-state index in [1.807, 2.05) is 0 Å². The van der Waals surface area contributed by atoms with E-state index in [0.717, 1.165) is 11.8 Å². The van der Waals surface area contributed by atoms with Crippen LogP contribution >= 0.6 is 0 Å². The highest BCUT2D eigenvalue weighted by molar-refractivity contribution is 7.90. The zero-order chi connectivity index (χ0) is 18.2. The maximum absolute atomic E-state index is 11.0. The van der Waals surface area contributed by atoms with E-state index in [1.54, 1.807) is 30.3 Å². The van der Waals surface area contributed by atoms with Gasteiger partial charge in [0, 0.05) is 6.26 Å². The Morgan fingerprint density at radius 2 is 1.88 bits per heavy atom. The predicted molar refractivity (Wildman–Crippen MR) is 95.7 cm³/mol. The lowest BCUT2D eigenvalue weighted by Crippen LogP contribution is -2.59. The molecule has 138 valence electrons. The lowest BCUT2D eigenvalue weighted by Gasteiger charge is -2.59. The van der Waals surface area contributed by atoms with Crippen molar-refractivity contribution in [2.45, 2.75) is 37.0 Å². The average molecular weight is 365 g/mol.